The highest BCUT2D eigenvalue weighted by Crippen LogP contribution is 2.44. The number of amides is 2. The number of rotatable bonds is 6. The molecule has 3 fully saturated rings. The Morgan fingerprint density at radius 2 is 1.43 bits per heavy atom. The molecule has 2 N–H and O–H groups in total. The van der Waals surface area contributed by atoms with Crippen LogP contribution in [0.3, 0.4) is 0 Å². The fraction of sp³-hybridized carbons (Fsp3) is 0.640. The number of hydrogen-bond donors (Lipinski definition) is 2. The van der Waals surface area contributed by atoms with Crippen molar-refractivity contribution in [3.05, 3.63) is 29.8 Å². The minimum absolute atomic E-state index is 0.0652. The standard InChI is InChI=1S/C25H34N2O8/c1-12(2)16(21(29)26-15-10-8-14(9-11-15)13(3)28)27-22(30)19-17-18(33-24(4,5)32-17)20-23(31-19)35-25(6,7)34-20/h8-12,16-20,23H,1-7H3,(H,26,29)(H,27,30). The lowest BCUT2D eigenvalue weighted by molar-refractivity contribution is -0.231. The van der Waals surface area contributed by atoms with Crippen LogP contribution in [0, 0.1) is 5.92 Å². The summed E-state index contributed by atoms with van der Waals surface area (Å²) < 4.78 is 29.9. The number of nitrogens with one attached hydrogen (secondary N) is 2. The first-order valence-electron chi connectivity index (χ1n) is 11.9. The number of fused-ring (bicyclic) bond motifs is 3. The minimum atomic E-state index is -1.07. The SMILES string of the molecule is CC(=O)c1ccc(NC(=O)C(NC(=O)C2OC3OC(C)(C)OC3C3OC(C)(C)OC23)C(C)C)cc1. The van der Waals surface area contributed by atoms with E-state index in [-0.39, 0.29) is 17.6 Å². The van der Waals surface area contributed by atoms with Gasteiger partial charge < -0.3 is 34.3 Å². The molecule has 0 aliphatic carbocycles. The summed E-state index contributed by atoms with van der Waals surface area (Å²) in [7, 11) is 0. The number of ketones is 1. The maximum Gasteiger partial charge on any atom is 0.252 e. The summed E-state index contributed by atoms with van der Waals surface area (Å²) in [5.41, 5.74) is 1.06. The molecular formula is C25H34N2O8. The van der Waals surface area contributed by atoms with Crippen molar-refractivity contribution in [1.82, 2.24) is 5.32 Å². The van der Waals surface area contributed by atoms with Gasteiger partial charge in [-0.15, -0.1) is 0 Å². The molecule has 6 atom stereocenters. The zero-order valence-electron chi connectivity index (χ0n) is 21.1. The highest BCUT2D eigenvalue weighted by Gasteiger charge is 2.62. The van der Waals surface area contributed by atoms with E-state index in [0.29, 0.717) is 11.3 Å². The van der Waals surface area contributed by atoms with Gasteiger partial charge in [0, 0.05) is 11.3 Å². The molecule has 3 heterocycles. The third-order valence-corrected chi connectivity index (χ3v) is 6.22. The number of hydrogen-bond acceptors (Lipinski definition) is 8. The number of benzene rings is 1. The first-order chi connectivity index (χ1) is 16.3. The first-order valence-corrected chi connectivity index (χ1v) is 11.9. The van der Waals surface area contributed by atoms with E-state index in [4.69, 9.17) is 23.7 Å². The molecular weight excluding hydrogens is 456 g/mol. The van der Waals surface area contributed by atoms with Crippen LogP contribution in [0.5, 0.6) is 0 Å². The predicted molar refractivity (Wildman–Crippen MR) is 124 cm³/mol. The molecule has 10 nitrogen and oxygen atoms in total. The highest BCUT2D eigenvalue weighted by atomic mass is 16.9. The normalized spacial score (nSPS) is 31.4. The summed E-state index contributed by atoms with van der Waals surface area (Å²) in [5, 5.41) is 5.61. The van der Waals surface area contributed by atoms with Crippen LogP contribution in [0.2, 0.25) is 0 Å². The Hall–Kier alpha value is -2.37. The van der Waals surface area contributed by atoms with Gasteiger partial charge in [-0.1, -0.05) is 13.8 Å². The van der Waals surface area contributed by atoms with E-state index >= 15 is 0 Å². The lowest BCUT2D eigenvalue weighted by Gasteiger charge is -2.37. The molecule has 0 aromatic heterocycles. The number of Topliss-reactive ketones (excluding diaryl/α,β-unsaturated/α-hetero) is 1. The smallest absolute Gasteiger partial charge is 0.252 e. The molecule has 3 aliphatic heterocycles. The van der Waals surface area contributed by atoms with Gasteiger partial charge in [0.15, 0.2) is 29.8 Å². The molecule has 2 amide bonds. The summed E-state index contributed by atoms with van der Waals surface area (Å²) >= 11 is 0. The number of carbonyl (C=O) groups excluding carboxylic acids is 3. The lowest BCUT2D eigenvalue weighted by atomic mass is 9.97. The second kappa shape index (κ2) is 9.25. The number of carbonyl (C=O) groups is 3. The Kier molecular flexibility index (Phi) is 6.80. The first kappa shape index (κ1) is 25.7. The van der Waals surface area contributed by atoms with Gasteiger partial charge in [0.05, 0.1) is 0 Å². The van der Waals surface area contributed by atoms with Crippen LogP contribution in [0.15, 0.2) is 24.3 Å². The molecule has 1 aromatic rings. The molecule has 0 spiro atoms. The Morgan fingerprint density at radius 1 is 0.857 bits per heavy atom. The van der Waals surface area contributed by atoms with Crippen molar-refractivity contribution in [2.24, 2.45) is 5.92 Å². The van der Waals surface area contributed by atoms with Crippen molar-refractivity contribution in [2.45, 2.75) is 96.8 Å². The van der Waals surface area contributed by atoms with E-state index in [9.17, 15) is 14.4 Å². The van der Waals surface area contributed by atoms with E-state index < -0.39 is 54.2 Å². The van der Waals surface area contributed by atoms with Gasteiger partial charge in [-0.3, -0.25) is 14.4 Å². The van der Waals surface area contributed by atoms with E-state index in [1.54, 1.807) is 52.0 Å². The van der Waals surface area contributed by atoms with Crippen molar-refractivity contribution >= 4 is 23.3 Å². The molecule has 0 saturated carbocycles. The van der Waals surface area contributed by atoms with E-state index in [1.807, 2.05) is 13.8 Å². The summed E-state index contributed by atoms with van der Waals surface area (Å²) in [4.78, 5) is 38.0. The summed E-state index contributed by atoms with van der Waals surface area (Å²) in [6.45, 7) is 12.2. The average molecular weight is 491 g/mol. The average Bonchev–Trinajstić information content (AvgIpc) is 3.24. The molecule has 0 radical (unpaired) electrons. The maximum absolute atomic E-state index is 13.4. The highest BCUT2D eigenvalue weighted by molar-refractivity contribution is 5.99. The second-order valence-electron chi connectivity index (χ2n) is 10.4. The van der Waals surface area contributed by atoms with E-state index in [1.165, 1.54) is 6.92 Å². The number of anilines is 1. The Bertz CT molecular complexity index is 990. The molecule has 0 bridgehead atoms. The second-order valence-corrected chi connectivity index (χ2v) is 10.4. The summed E-state index contributed by atoms with van der Waals surface area (Å²) in [6, 6.07) is 5.72. The van der Waals surface area contributed by atoms with Crippen LogP contribution < -0.4 is 10.6 Å². The largest absolute Gasteiger partial charge is 0.342 e. The van der Waals surface area contributed by atoms with Crippen molar-refractivity contribution in [3.8, 4) is 0 Å². The molecule has 35 heavy (non-hydrogen) atoms. The summed E-state index contributed by atoms with van der Waals surface area (Å²) in [6.07, 6.45) is -3.75. The van der Waals surface area contributed by atoms with Crippen LogP contribution in [-0.4, -0.2) is 65.9 Å². The van der Waals surface area contributed by atoms with Crippen LogP contribution in [0.4, 0.5) is 5.69 Å². The molecule has 4 rings (SSSR count). The van der Waals surface area contributed by atoms with E-state index in [2.05, 4.69) is 10.6 Å². The van der Waals surface area contributed by atoms with Crippen molar-refractivity contribution in [1.29, 1.82) is 0 Å². The molecule has 192 valence electrons. The van der Waals surface area contributed by atoms with Crippen molar-refractivity contribution < 1.29 is 38.1 Å². The van der Waals surface area contributed by atoms with Crippen molar-refractivity contribution in [2.75, 3.05) is 5.32 Å². The third-order valence-electron chi connectivity index (χ3n) is 6.22. The number of ether oxygens (including phenoxy) is 5. The van der Waals surface area contributed by atoms with Gasteiger partial charge in [-0.05, 0) is 64.8 Å². The molecule has 6 unspecified atom stereocenters. The van der Waals surface area contributed by atoms with Crippen LogP contribution in [0.25, 0.3) is 0 Å². The molecule has 3 saturated heterocycles. The zero-order chi connectivity index (χ0) is 25.7. The van der Waals surface area contributed by atoms with Crippen LogP contribution >= 0.6 is 0 Å². The van der Waals surface area contributed by atoms with Gasteiger partial charge in [-0.2, -0.15) is 0 Å². The van der Waals surface area contributed by atoms with Gasteiger partial charge in [-0.25, -0.2) is 0 Å². The zero-order valence-corrected chi connectivity index (χ0v) is 21.1. The van der Waals surface area contributed by atoms with Gasteiger partial charge in [0.2, 0.25) is 5.91 Å². The molecule has 1 aromatic carbocycles. The monoisotopic (exact) mass is 490 g/mol. The minimum Gasteiger partial charge on any atom is -0.342 e. The topological polar surface area (TPSA) is 121 Å². The van der Waals surface area contributed by atoms with Crippen molar-refractivity contribution in [3.63, 3.8) is 0 Å². The Balaban J connectivity index is 1.48. The Labute approximate surface area is 204 Å². The van der Waals surface area contributed by atoms with E-state index in [0.717, 1.165) is 0 Å². The molecule has 10 heteroatoms. The predicted octanol–water partition coefficient (Wildman–Crippen LogP) is 2.37. The molecule has 3 aliphatic rings. The third kappa shape index (κ3) is 5.41. The lowest BCUT2D eigenvalue weighted by Crippen LogP contribution is -2.61. The van der Waals surface area contributed by atoms with Gasteiger partial charge in [0.1, 0.15) is 24.4 Å². The summed E-state index contributed by atoms with van der Waals surface area (Å²) in [5.74, 6) is -3.02. The fourth-order valence-electron chi connectivity index (χ4n) is 4.60. The fourth-order valence-corrected chi connectivity index (χ4v) is 4.60. The van der Waals surface area contributed by atoms with Gasteiger partial charge >= 0.3 is 0 Å². The van der Waals surface area contributed by atoms with Crippen LogP contribution in [-0.2, 0) is 33.3 Å². The quantitative estimate of drug-likeness (QED) is 0.583. The Morgan fingerprint density at radius 3 is 2.03 bits per heavy atom. The van der Waals surface area contributed by atoms with Gasteiger partial charge in [0.25, 0.3) is 5.91 Å². The maximum atomic E-state index is 13.4. The van der Waals surface area contributed by atoms with Crippen LogP contribution in [0.1, 0.15) is 58.8 Å².